The van der Waals surface area contributed by atoms with Gasteiger partial charge in [0.25, 0.3) is 0 Å². The van der Waals surface area contributed by atoms with E-state index in [4.69, 9.17) is 0 Å². The smallest absolute Gasteiger partial charge is 0.315 e. The third-order valence-electron chi connectivity index (χ3n) is 3.72. The van der Waals surface area contributed by atoms with Crippen LogP contribution < -0.4 is 10.6 Å². The maximum absolute atomic E-state index is 11.8. The Morgan fingerprint density at radius 2 is 2.00 bits per heavy atom. The number of amides is 2. The van der Waals surface area contributed by atoms with E-state index in [2.05, 4.69) is 29.2 Å². The molecule has 0 radical (unpaired) electrons. The van der Waals surface area contributed by atoms with Gasteiger partial charge in [0, 0.05) is 12.6 Å². The van der Waals surface area contributed by atoms with Crippen molar-refractivity contribution in [1.82, 2.24) is 15.5 Å². The minimum atomic E-state index is -0.0765. The summed E-state index contributed by atoms with van der Waals surface area (Å²) in [6.45, 7) is 6.37. The van der Waals surface area contributed by atoms with Gasteiger partial charge < -0.3 is 15.5 Å². The summed E-state index contributed by atoms with van der Waals surface area (Å²) in [5.74, 6) is 0. The molecule has 2 rings (SSSR count). The molecule has 4 nitrogen and oxygen atoms in total. The molecule has 0 atom stereocenters. The van der Waals surface area contributed by atoms with Gasteiger partial charge in [-0.1, -0.05) is 36.9 Å². The zero-order valence-corrected chi connectivity index (χ0v) is 12.1. The van der Waals surface area contributed by atoms with Crippen molar-refractivity contribution >= 4 is 12.1 Å². The van der Waals surface area contributed by atoms with Gasteiger partial charge in [0.05, 0.1) is 0 Å². The molecule has 1 saturated heterocycles. The molecule has 1 heterocycles. The lowest BCUT2D eigenvalue weighted by atomic mass is 10.1. The lowest BCUT2D eigenvalue weighted by molar-refractivity contribution is 0.213. The number of carbonyl (C=O) groups is 1. The number of nitrogens with zero attached hydrogens (tertiary/aromatic N) is 1. The van der Waals surface area contributed by atoms with Gasteiger partial charge in [0.2, 0.25) is 0 Å². The van der Waals surface area contributed by atoms with Crippen LogP contribution in [0.3, 0.4) is 0 Å². The summed E-state index contributed by atoms with van der Waals surface area (Å²) in [5, 5.41) is 5.94. The number of likely N-dealkylation sites (tertiary alicyclic amines) is 1. The van der Waals surface area contributed by atoms with Crippen LogP contribution in [0.15, 0.2) is 30.8 Å². The van der Waals surface area contributed by atoms with Crippen molar-refractivity contribution in [3.63, 3.8) is 0 Å². The molecule has 4 heteroatoms. The van der Waals surface area contributed by atoms with Crippen LogP contribution in [-0.4, -0.2) is 37.1 Å². The van der Waals surface area contributed by atoms with Crippen molar-refractivity contribution in [3.05, 3.63) is 42.0 Å². The van der Waals surface area contributed by atoms with E-state index in [9.17, 15) is 4.79 Å². The number of nitrogens with one attached hydrogen (secondary N) is 2. The van der Waals surface area contributed by atoms with Gasteiger partial charge in [-0.25, -0.2) is 4.79 Å². The van der Waals surface area contributed by atoms with Crippen LogP contribution in [0.5, 0.6) is 0 Å². The molecule has 1 aromatic carbocycles. The summed E-state index contributed by atoms with van der Waals surface area (Å²) >= 11 is 0. The van der Waals surface area contributed by atoms with E-state index in [-0.39, 0.29) is 6.03 Å². The van der Waals surface area contributed by atoms with E-state index in [1.807, 2.05) is 30.3 Å². The molecule has 108 valence electrons. The summed E-state index contributed by atoms with van der Waals surface area (Å²) in [4.78, 5) is 14.1. The van der Waals surface area contributed by atoms with Crippen LogP contribution >= 0.6 is 0 Å². The second-order valence-corrected chi connectivity index (χ2v) is 5.35. The highest BCUT2D eigenvalue weighted by Gasteiger charge is 2.17. The van der Waals surface area contributed by atoms with Crippen molar-refractivity contribution in [1.29, 1.82) is 0 Å². The summed E-state index contributed by atoms with van der Waals surface area (Å²) in [6, 6.07) is 8.24. The summed E-state index contributed by atoms with van der Waals surface area (Å²) < 4.78 is 0. The zero-order valence-electron chi connectivity index (χ0n) is 12.1. The second-order valence-electron chi connectivity index (χ2n) is 5.35. The second kappa shape index (κ2) is 7.10. The molecule has 20 heavy (non-hydrogen) atoms. The van der Waals surface area contributed by atoms with Crippen molar-refractivity contribution < 1.29 is 4.79 Å². The third-order valence-corrected chi connectivity index (χ3v) is 3.72. The Hall–Kier alpha value is -1.81. The molecule has 1 aliphatic rings. The fourth-order valence-corrected chi connectivity index (χ4v) is 2.34. The first kappa shape index (κ1) is 14.6. The van der Waals surface area contributed by atoms with E-state index in [0.29, 0.717) is 12.6 Å². The van der Waals surface area contributed by atoms with Crippen LogP contribution in [0.2, 0.25) is 0 Å². The maximum atomic E-state index is 11.8. The Kier molecular flexibility index (Phi) is 5.18. The minimum Gasteiger partial charge on any atom is -0.335 e. The molecule has 2 N–H and O–H groups in total. The Balaban J connectivity index is 1.72. The van der Waals surface area contributed by atoms with Gasteiger partial charge >= 0.3 is 6.03 Å². The number of benzene rings is 1. The highest BCUT2D eigenvalue weighted by Crippen LogP contribution is 2.08. The first-order chi connectivity index (χ1) is 9.67. The average molecular weight is 273 g/mol. The molecule has 0 saturated carbocycles. The average Bonchev–Trinajstić information content (AvgIpc) is 2.48. The predicted octanol–water partition coefficient (Wildman–Crippen LogP) is 2.22. The van der Waals surface area contributed by atoms with E-state index in [1.54, 1.807) is 0 Å². The molecule has 0 unspecified atom stereocenters. The van der Waals surface area contributed by atoms with Gasteiger partial charge in [-0.3, -0.25) is 0 Å². The minimum absolute atomic E-state index is 0.0765. The number of rotatable bonds is 4. The van der Waals surface area contributed by atoms with E-state index in [0.717, 1.165) is 37.1 Å². The Bertz CT molecular complexity index is 447. The number of hydrogen-bond donors (Lipinski definition) is 2. The van der Waals surface area contributed by atoms with Gasteiger partial charge in [0.1, 0.15) is 0 Å². The molecule has 2 amide bonds. The molecule has 1 aliphatic heterocycles. The number of piperidine rings is 1. The van der Waals surface area contributed by atoms with Crippen LogP contribution in [-0.2, 0) is 6.54 Å². The Morgan fingerprint density at radius 1 is 1.35 bits per heavy atom. The van der Waals surface area contributed by atoms with E-state index >= 15 is 0 Å². The van der Waals surface area contributed by atoms with Gasteiger partial charge in [0.15, 0.2) is 0 Å². The number of urea groups is 1. The van der Waals surface area contributed by atoms with Crippen LogP contribution in [0, 0.1) is 0 Å². The largest absolute Gasteiger partial charge is 0.335 e. The molecular weight excluding hydrogens is 250 g/mol. The first-order valence-electron chi connectivity index (χ1n) is 7.11. The fourth-order valence-electron chi connectivity index (χ4n) is 2.34. The van der Waals surface area contributed by atoms with Crippen molar-refractivity contribution in [2.75, 3.05) is 20.1 Å². The zero-order chi connectivity index (χ0) is 14.4. The normalized spacial score (nSPS) is 16.6. The fraction of sp³-hybridized carbons (Fsp3) is 0.438. The van der Waals surface area contributed by atoms with Gasteiger partial charge in [-0.2, -0.15) is 0 Å². The first-order valence-corrected chi connectivity index (χ1v) is 7.11. The lowest BCUT2D eigenvalue weighted by Gasteiger charge is -2.29. The Labute approximate surface area is 120 Å². The Morgan fingerprint density at radius 3 is 2.60 bits per heavy atom. The molecule has 0 bridgehead atoms. The molecule has 1 aromatic rings. The summed E-state index contributed by atoms with van der Waals surface area (Å²) in [7, 11) is 2.11. The standard InChI is InChI=1S/C16H23N3O/c1-3-13-4-6-14(7-5-13)12-17-16(20)18-15-8-10-19(2)11-9-15/h3-7,15H,1,8-12H2,2H3,(H2,17,18,20). The predicted molar refractivity (Wildman–Crippen MR) is 82.4 cm³/mol. The van der Waals surface area contributed by atoms with Gasteiger partial charge in [-0.05, 0) is 44.1 Å². The molecule has 1 fully saturated rings. The lowest BCUT2D eigenvalue weighted by Crippen LogP contribution is -2.46. The highest BCUT2D eigenvalue weighted by atomic mass is 16.2. The molecule has 0 spiro atoms. The quantitative estimate of drug-likeness (QED) is 0.883. The van der Waals surface area contributed by atoms with Crippen molar-refractivity contribution in [2.24, 2.45) is 0 Å². The molecule has 0 aliphatic carbocycles. The van der Waals surface area contributed by atoms with Gasteiger partial charge in [-0.15, -0.1) is 0 Å². The molecular formula is C16H23N3O. The summed E-state index contributed by atoms with van der Waals surface area (Å²) in [6.07, 6.45) is 3.86. The highest BCUT2D eigenvalue weighted by molar-refractivity contribution is 5.74. The summed E-state index contributed by atoms with van der Waals surface area (Å²) in [5.41, 5.74) is 2.18. The topological polar surface area (TPSA) is 44.4 Å². The van der Waals surface area contributed by atoms with Crippen molar-refractivity contribution in [2.45, 2.75) is 25.4 Å². The van der Waals surface area contributed by atoms with E-state index < -0.39 is 0 Å². The van der Waals surface area contributed by atoms with E-state index in [1.165, 1.54) is 0 Å². The monoisotopic (exact) mass is 273 g/mol. The maximum Gasteiger partial charge on any atom is 0.315 e. The SMILES string of the molecule is C=Cc1ccc(CNC(=O)NC2CCN(C)CC2)cc1. The van der Waals surface area contributed by atoms with Crippen LogP contribution in [0.1, 0.15) is 24.0 Å². The number of hydrogen-bond acceptors (Lipinski definition) is 2. The van der Waals surface area contributed by atoms with Crippen LogP contribution in [0.25, 0.3) is 6.08 Å². The third kappa shape index (κ3) is 4.38. The van der Waals surface area contributed by atoms with Crippen molar-refractivity contribution in [3.8, 4) is 0 Å². The number of carbonyl (C=O) groups excluding carboxylic acids is 1. The van der Waals surface area contributed by atoms with Crippen LogP contribution in [0.4, 0.5) is 4.79 Å². The molecule has 0 aromatic heterocycles.